The molecular weight excluding hydrogens is 296 g/mol. The summed E-state index contributed by atoms with van der Waals surface area (Å²) in [5.41, 5.74) is 5.55. The molecule has 21 heavy (non-hydrogen) atoms. The minimum absolute atomic E-state index is 0.165. The van der Waals surface area contributed by atoms with Gasteiger partial charge in [0.25, 0.3) is 0 Å². The van der Waals surface area contributed by atoms with E-state index in [-0.39, 0.29) is 24.1 Å². The molecule has 2 rings (SSSR count). The summed E-state index contributed by atoms with van der Waals surface area (Å²) in [6.07, 6.45) is -0.270. The van der Waals surface area contributed by atoms with Crippen LogP contribution in [0, 0.1) is 0 Å². The van der Waals surface area contributed by atoms with E-state index in [9.17, 15) is 8.42 Å². The van der Waals surface area contributed by atoms with Gasteiger partial charge in [-0.2, -0.15) is 4.31 Å². The summed E-state index contributed by atoms with van der Waals surface area (Å²) in [6, 6.07) is 4.54. The second kappa shape index (κ2) is 6.61. The number of nitrogens with two attached hydrogens (primary N) is 1. The van der Waals surface area contributed by atoms with Gasteiger partial charge in [-0.1, -0.05) is 0 Å². The molecule has 0 aromatic heterocycles. The molecule has 0 bridgehead atoms. The third kappa shape index (κ3) is 3.29. The maximum Gasteiger partial charge on any atom is 0.243 e. The molecule has 1 aliphatic heterocycles. The van der Waals surface area contributed by atoms with E-state index in [0.717, 1.165) is 0 Å². The Kier molecular flexibility index (Phi) is 5.04. The Morgan fingerprint density at radius 2 is 2.05 bits per heavy atom. The van der Waals surface area contributed by atoms with Gasteiger partial charge in [-0.25, -0.2) is 8.42 Å². The van der Waals surface area contributed by atoms with Crippen molar-refractivity contribution in [2.45, 2.75) is 11.0 Å². The van der Waals surface area contributed by atoms with Crippen molar-refractivity contribution in [1.29, 1.82) is 0 Å². The molecule has 1 atom stereocenters. The second-order valence-electron chi connectivity index (χ2n) is 4.61. The van der Waals surface area contributed by atoms with Gasteiger partial charge < -0.3 is 19.9 Å². The van der Waals surface area contributed by atoms with Gasteiger partial charge in [0.05, 0.1) is 31.8 Å². The van der Waals surface area contributed by atoms with Crippen LogP contribution in [0.1, 0.15) is 0 Å². The smallest absolute Gasteiger partial charge is 0.243 e. The van der Waals surface area contributed by atoms with Crippen LogP contribution in [0.25, 0.3) is 0 Å². The highest BCUT2D eigenvalue weighted by Gasteiger charge is 2.30. The van der Waals surface area contributed by atoms with Crippen molar-refractivity contribution < 1.29 is 22.6 Å². The lowest BCUT2D eigenvalue weighted by molar-refractivity contribution is 0.00450. The average Bonchev–Trinajstić information content (AvgIpc) is 2.54. The molecule has 2 N–H and O–H groups in total. The molecular formula is C13H20N2O5S. The van der Waals surface area contributed by atoms with E-state index in [1.165, 1.54) is 30.7 Å². The van der Waals surface area contributed by atoms with Crippen molar-refractivity contribution >= 4 is 10.0 Å². The van der Waals surface area contributed by atoms with E-state index in [4.69, 9.17) is 19.9 Å². The van der Waals surface area contributed by atoms with Crippen LogP contribution in [0.15, 0.2) is 23.1 Å². The number of sulfonamides is 1. The second-order valence-corrected chi connectivity index (χ2v) is 6.55. The lowest BCUT2D eigenvalue weighted by Gasteiger charge is -2.31. The molecule has 0 spiro atoms. The molecule has 0 saturated carbocycles. The number of benzene rings is 1. The molecule has 1 heterocycles. The first-order chi connectivity index (χ1) is 10.0. The van der Waals surface area contributed by atoms with Gasteiger partial charge in [-0.3, -0.25) is 0 Å². The fourth-order valence-corrected chi connectivity index (χ4v) is 3.65. The Morgan fingerprint density at radius 1 is 1.33 bits per heavy atom. The Morgan fingerprint density at radius 3 is 2.67 bits per heavy atom. The highest BCUT2D eigenvalue weighted by molar-refractivity contribution is 7.89. The Balaban J connectivity index is 2.30. The summed E-state index contributed by atoms with van der Waals surface area (Å²) in [5.74, 6) is 0.862. The number of rotatable bonds is 5. The molecule has 1 aromatic carbocycles. The van der Waals surface area contributed by atoms with E-state index in [2.05, 4.69) is 0 Å². The summed E-state index contributed by atoms with van der Waals surface area (Å²) in [4.78, 5) is 0.165. The number of morpholine rings is 1. The molecule has 1 fully saturated rings. The summed E-state index contributed by atoms with van der Waals surface area (Å²) < 4.78 is 42.3. The molecule has 1 aromatic rings. The monoisotopic (exact) mass is 316 g/mol. The molecule has 0 radical (unpaired) electrons. The van der Waals surface area contributed by atoms with E-state index in [0.29, 0.717) is 24.7 Å². The summed E-state index contributed by atoms with van der Waals surface area (Å²) in [7, 11) is -0.635. The van der Waals surface area contributed by atoms with Gasteiger partial charge in [0, 0.05) is 25.7 Å². The normalized spacial score (nSPS) is 20.2. The predicted octanol–water partition coefficient (Wildman–Crippen LogP) is 0.0520. The molecule has 0 aliphatic carbocycles. The maximum atomic E-state index is 12.6. The van der Waals surface area contributed by atoms with Crippen LogP contribution in [0.4, 0.5) is 0 Å². The predicted molar refractivity (Wildman–Crippen MR) is 77.1 cm³/mol. The first kappa shape index (κ1) is 16.0. The number of ether oxygens (including phenoxy) is 3. The Bertz CT molecular complexity index is 590. The minimum atomic E-state index is -3.60. The fraction of sp³-hybridized carbons (Fsp3) is 0.538. The van der Waals surface area contributed by atoms with Gasteiger partial charge in [0.2, 0.25) is 10.0 Å². The standard InChI is InChI=1S/C13H20N2O5S/c1-18-12-4-3-11(7-13(12)19-2)21(16,17)15-5-6-20-10(8-14)9-15/h3-4,7,10H,5-6,8-9,14H2,1-2H3. The lowest BCUT2D eigenvalue weighted by Crippen LogP contribution is -2.48. The van der Waals surface area contributed by atoms with Crippen molar-refractivity contribution in [2.24, 2.45) is 5.73 Å². The Labute approximate surface area is 124 Å². The fourth-order valence-electron chi connectivity index (χ4n) is 2.18. The van der Waals surface area contributed by atoms with Crippen molar-refractivity contribution in [3.05, 3.63) is 18.2 Å². The number of nitrogens with zero attached hydrogens (tertiary/aromatic N) is 1. The van der Waals surface area contributed by atoms with Gasteiger partial charge >= 0.3 is 0 Å². The van der Waals surface area contributed by atoms with Crippen molar-refractivity contribution in [3.8, 4) is 11.5 Å². The van der Waals surface area contributed by atoms with Crippen LogP contribution in [-0.4, -0.2) is 59.3 Å². The average molecular weight is 316 g/mol. The lowest BCUT2D eigenvalue weighted by atomic mass is 10.3. The van der Waals surface area contributed by atoms with Crippen LogP contribution < -0.4 is 15.2 Å². The number of methoxy groups -OCH3 is 2. The van der Waals surface area contributed by atoms with Gasteiger partial charge in [-0.15, -0.1) is 0 Å². The van der Waals surface area contributed by atoms with Gasteiger partial charge in [-0.05, 0) is 12.1 Å². The zero-order valence-electron chi connectivity index (χ0n) is 12.1. The van der Waals surface area contributed by atoms with Gasteiger partial charge in [0.15, 0.2) is 11.5 Å². The van der Waals surface area contributed by atoms with E-state index in [1.54, 1.807) is 6.07 Å². The largest absolute Gasteiger partial charge is 0.493 e. The maximum absolute atomic E-state index is 12.6. The van der Waals surface area contributed by atoms with Crippen molar-refractivity contribution in [1.82, 2.24) is 4.31 Å². The summed E-state index contributed by atoms with van der Waals surface area (Å²) in [5, 5.41) is 0. The molecule has 1 unspecified atom stereocenters. The third-order valence-electron chi connectivity index (χ3n) is 3.36. The molecule has 7 nitrogen and oxygen atoms in total. The first-order valence-electron chi connectivity index (χ1n) is 6.56. The quantitative estimate of drug-likeness (QED) is 0.825. The van der Waals surface area contributed by atoms with Crippen LogP contribution in [-0.2, 0) is 14.8 Å². The minimum Gasteiger partial charge on any atom is -0.493 e. The SMILES string of the molecule is COc1ccc(S(=O)(=O)N2CCOC(CN)C2)cc1OC. The first-order valence-corrected chi connectivity index (χ1v) is 8.00. The molecule has 1 saturated heterocycles. The van der Waals surface area contributed by atoms with E-state index in [1.807, 2.05) is 0 Å². The third-order valence-corrected chi connectivity index (χ3v) is 5.22. The van der Waals surface area contributed by atoms with Crippen LogP contribution in [0.5, 0.6) is 11.5 Å². The molecule has 1 aliphatic rings. The Hall–Kier alpha value is -1.35. The number of hydrogen-bond donors (Lipinski definition) is 1. The summed E-state index contributed by atoms with van der Waals surface area (Å²) in [6.45, 7) is 1.20. The van der Waals surface area contributed by atoms with E-state index < -0.39 is 10.0 Å². The zero-order chi connectivity index (χ0) is 15.5. The van der Waals surface area contributed by atoms with Crippen LogP contribution in [0.3, 0.4) is 0 Å². The zero-order valence-corrected chi connectivity index (χ0v) is 12.9. The van der Waals surface area contributed by atoms with Crippen LogP contribution >= 0.6 is 0 Å². The highest BCUT2D eigenvalue weighted by atomic mass is 32.2. The molecule has 0 amide bonds. The van der Waals surface area contributed by atoms with Gasteiger partial charge in [0.1, 0.15) is 0 Å². The van der Waals surface area contributed by atoms with Crippen molar-refractivity contribution in [2.75, 3.05) is 40.5 Å². The number of hydrogen-bond acceptors (Lipinski definition) is 6. The highest BCUT2D eigenvalue weighted by Crippen LogP contribution is 2.31. The van der Waals surface area contributed by atoms with Crippen LogP contribution in [0.2, 0.25) is 0 Å². The topological polar surface area (TPSA) is 91.1 Å². The summed E-state index contributed by atoms with van der Waals surface area (Å²) >= 11 is 0. The van der Waals surface area contributed by atoms with Crippen molar-refractivity contribution in [3.63, 3.8) is 0 Å². The molecule has 118 valence electrons. The van der Waals surface area contributed by atoms with E-state index >= 15 is 0 Å². The molecule has 8 heteroatoms.